The Morgan fingerprint density at radius 1 is 1.26 bits per heavy atom. The summed E-state index contributed by atoms with van der Waals surface area (Å²) in [6.45, 7) is 2.09. The summed E-state index contributed by atoms with van der Waals surface area (Å²) >= 11 is 3.40. The molecule has 2 aromatic rings. The van der Waals surface area contributed by atoms with Gasteiger partial charge in [-0.15, -0.1) is 11.8 Å². The molecule has 0 aliphatic rings. The van der Waals surface area contributed by atoms with Crippen LogP contribution in [-0.4, -0.2) is 12.3 Å². The third-order valence-corrected chi connectivity index (χ3v) is 4.50. The molecule has 2 atom stereocenters. The van der Waals surface area contributed by atoms with E-state index >= 15 is 0 Å². The van der Waals surface area contributed by atoms with E-state index in [2.05, 4.69) is 42.1 Å². The van der Waals surface area contributed by atoms with Gasteiger partial charge in [0.15, 0.2) is 0 Å². The lowest BCUT2D eigenvalue weighted by Crippen LogP contribution is -2.31. The molecule has 0 saturated carbocycles. The molecule has 0 aliphatic heterocycles. The fraction of sp³-hybridized carbons (Fsp3) is 0.333. The number of benzene rings is 1. The van der Waals surface area contributed by atoms with E-state index in [-0.39, 0.29) is 12.1 Å². The molecule has 4 heteroatoms. The zero-order chi connectivity index (χ0) is 13.7. The van der Waals surface area contributed by atoms with Gasteiger partial charge in [-0.05, 0) is 53.8 Å². The first kappa shape index (κ1) is 14.4. The summed E-state index contributed by atoms with van der Waals surface area (Å²) < 4.78 is 6.08. The van der Waals surface area contributed by atoms with E-state index in [4.69, 9.17) is 10.5 Å². The van der Waals surface area contributed by atoms with Crippen LogP contribution < -0.4 is 10.5 Å². The minimum Gasteiger partial charge on any atom is -0.484 e. The Labute approximate surface area is 123 Å². The maximum atomic E-state index is 6.19. The molecule has 1 aromatic carbocycles. The Kier molecular flexibility index (Phi) is 5.31. The predicted octanol–water partition coefficient (Wildman–Crippen LogP) is 4.33. The van der Waals surface area contributed by atoms with Crippen molar-refractivity contribution in [2.75, 3.05) is 6.26 Å². The van der Waals surface area contributed by atoms with E-state index in [1.807, 2.05) is 12.1 Å². The summed E-state index contributed by atoms with van der Waals surface area (Å²) in [5, 5.41) is 4.17. The van der Waals surface area contributed by atoms with Crippen LogP contribution in [0.3, 0.4) is 0 Å². The van der Waals surface area contributed by atoms with Crippen LogP contribution in [0.15, 0.2) is 46.0 Å². The SMILES string of the molecule is CCC(N)C(Oc1ccc(SC)cc1)c1ccsc1. The molecule has 2 nitrogen and oxygen atoms in total. The number of ether oxygens (including phenoxy) is 1. The highest BCUT2D eigenvalue weighted by atomic mass is 32.2. The van der Waals surface area contributed by atoms with Gasteiger partial charge in [-0.3, -0.25) is 0 Å². The summed E-state index contributed by atoms with van der Waals surface area (Å²) in [6, 6.07) is 10.3. The fourth-order valence-corrected chi connectivity index (χ4v) is 2.95. The highest BCUT2D eigenvalue weighted by Crippen LogP contribution is 2.28. The monoisotopic (exact) mass is 293 g/mol. The smallest absolute Gasteiger partial charge is 0.140 e. The van der Waals surface area contributed by atoms with Crippen LogP contribution in [0.2, 0.25) is 0 Å². The topological polar surface area (TPSA) is 35.2 Å². The van der Waals surface area contributed by atoms with Crippen LogP contribution in [0, 0.1) is 0 Å². The molecule has 2 rings (SSSR count). The molecule has 1 heterocycles. The Morgan fingerprint density at radius 3 is 2.53 bits per heavy atom. The standard InChI is InChI=1S/C15H19NOS2/c1-3-14(16)15(11-8-9-19-10-11)17-12-4-6-13(18-2)7-5-12/h4-10,14-15H,3,16H2,1-2H3. The van der Waals surface area contributed by atoms with Crippen LogP contribution in [-0.2, 0) is 0 Å². The average molecular weight is 293 g/mol. The lowest BCUT2D eigenvalue weighted by molar-refractivity contribution is 0.171. The normalized spacial score (nSPS) is 14.1. The van der Waals surface area contributed by atoms with Crippen molar-refractivity contribution in [2.24, 2.45) is 5.73 Å². The largest absolute Gasteiger partial charge is 0.484 e. The Hall–Kier alpha value is -0.970. The second-order valence-electron chi connectivity index (χ2n) is 4.34. The number of hydrogen-bond acceptors (Lipinski definition) is 4. The molecule has 0 fully saturated rings. The van der Waals surface area contributed by atoms with E-state index < -0.39 is 0 Å². The van der Waals surface area contributed by atoms with Crippen molar-refractivity contribution < 1.29 is 4.74 Å². The molecule has 0 saturated heterocycles. The van der Waals surface area contributed by atoms with Gasteiger partial charge in [0, 0.05) is 16.5 Å². The van der Waals surface area contributed by atoms with Crippen molar-refractivity contribution in [1.82, 2.24) is 0 Å². The maximum Gasteiger partial charge on any atom is 0.140 e. The zero-order valence-electron chi connectivity index (χ0n) is 11.2. The van der Waals surface area contributed by atoms with Crippen molar-refractivity contribution in [2.45, 2.75) is 30.4 Å². The van der Waals surface area contributed by atoms with Crippen molar-refractivity contribution >= 4 is 23.1 Å². The molecule has 2 N–H and O–H groups in total. The third kappa shape index (κ3) is 3.75. The number of hydrogen-bond donors (Lipinski definition) is 1. The van der Waals surface area contributed by atoms with Gasteiger partial charge in [-0.2, -0.15) is 11.3 Å². The van der Waals surface area contributed by atoms with Crippen molar-refractivity contribution in [3.8, 4) is 5.75 Å². The second-order valence-corrected chi connectivity index (χ2v) is 6.00. The lowest BCUT2D eigenvalue weighted by Gasteiger charge is -2.23. The minimum absolute atomic E-state index is 0.00910. The fourth-order valence-electron chi connectivity index (χ4n) is 1.85. The van der Waals surface area contributed by atoms with Crippen molar-refractivity contribution in [3.05, 3.63) is 46.7 Å². The van der Waals surface area contributed by atoms with Gasteiger partial charge in [0.1, 0.15) is 11.9 Å². The summed E-state index contributed by atoms with van der Waals surface area (Å²) in [4.78, 5) is 1.24. The molecular formula is C15H19NOS2. The second kappa shape index (κ2) is 6.98. The van der Waals surface area contributed by atoms with Gasteiger partial charge in [-0.25, -0.2) is 0 Å². The quantitative estimate of drug-likeness (QED) is 0.805. The highest BCUT2D eigenvalue weighted by Gasteiger charge is 2.20. The van der Waals surface area contributed by atoms with Crippen molar-refractivity contribution in [3.63, 3.8) is 0 Å². The number of rotatable bonds is 6. The number of nitrogens with two attached hydrogens (primary N) is 1. The number of thiophene rings is 1. The van der Waals surface area contributed by atoms with Crippen molar-refractivity contribution in [1.29, 1.82) is 0 Å². The first-order chi connectivity index (χ1) is 9.24. The summed E-state index contributed by atoms with van der Waals surface area (Å²) in [5.74, 6) is 0.873. The summed E-state index contributed by atoms with van der Waals surface area (Å²) in [7, 11) is 0. The third-order valence-electron chi connectivity index (χ3n) is 3.05. The van der Waals surface area contributed by atoms with Gasteiger partial charge >= 0.3 is 0 Å². The minimum atomic E-state index is -0.0728. The molecule has 1 aromatic heterocycles. The van der Waals surface area contributed by atoms with E-state index in [1.165, 1.54) is 4.90 Å². The van der Waals surface area contributed by atoms with Gasteiger partial charge in [0.25, 0.3) is 0 Å². The van der Waals surface area contributed by atoms with E-state index in [0.29, 0.717) is 0 Å². The molecule has 0 amide bonds. The predicted molar refractivity (Wildman–Crippen MR) is 84.2 cm³/mol. The summed E-state index contributed by atoms with van der Waals surface area (Å²) in [6.07, 6.45) is 2.89. The molecule has 2 unspecified atom stereocenters. The first-order valence-corrected chi connectivity index (χ1v) is 8.49. The van der Waals surface area contributed by atoms with E-state index in [1.54, 1.807) is 23.1 Å². The Balaban J connectivity index is 2.15. The lowest BCUT2D eigenvalue weighted by atomic mass is 10.0. The van der Waals surface area contributed by atoms with Crippen LogP contribution in [0.1, 0.15) is 25.0 Å². The average Bonchev–Trinajstić information content (AvgIpc) is 2.98. The molecular weight excluding hydrogens is 274 g/mol. The van der Waals surface area contributed by atoms with Crippen LogP contribution in [0.25, 0.3) is 0 Å². The Bertz CT molecular complexity index is 481. The first-order valence-electron chi connectivity index (χ1n) is 6.33. The van der Waals surface area contributed by atoms with Gasteiger partial charge in [0.2, 0.25) is 0 Å². The van der Waals surface area contributed by atoms with E-state index in [9.17, 15) is 0 Å². The van der Waals surface area contributed by atoms with Crippen LogP contribution in [0.4, 0.5) is 0 Å². The molecule has 0 aliphatic carbocycles. The molecule has 0 bridgehead atoms. The van der Waals surface area contributed by atoms with Gasteiger partial charge in [0.05, 0.1) is 0 Å². The molecule has 19 heavy (non-hydrogen) atoms. The summed E-state index contributed by atoms with van der Waals surface area (Å²) in [5.41, 5.74) is 7.35. The highest BCUT2D eigenvalue weighted by molar-refractivity contribution is 7.98. The van der Waals surface area contributed by atoms with Crippen LogP contribution in [0.5, 0.6) is 5.75 Å². The van der Waals surface area contributed by atoms with Gasteiger partial charge in [-0.1, -0.05) is 6.92 Å². The van der Waals surface area contributed by atoms with Crippen LogP contribution >= 0.6 is 23.1 Å². The Morgan fingerprint density at radius 2 is 2.00 bits per heavy atom. The molecule has 0 radical (unpaired) electrons. The molecule has 102 valence electrons. The molecule has 0 spiro atoms. The van der Waals surface area contributed by atoms with E-state index in [0.717, 1.165) is 17.7 Å². The van der Waals surface area contributed by atoms with Gasteiger partial charge < -0.3 is 10.5 Å². The number of thioether (sulfide) groups is 1. The zero-order valence-corrected chi connectivity index (χ0v) is 12.8. The maximum absolute atomic E-state index is 6.19.